The molecular formula is C13H19F3N4. The standard InChI is InChI=1S/C13H19F3N4/c1-12(2,3)9-4-5-11(19-18-9)20-7-6-17-10(8-20)13(14,15)16/h4-5,10,17H,6-8H2,1-3H3/t10-/m0/s1. The normalized spacial score (nSPS) is 21.1. The fourth-order valence-corrected chi connectivity index (χ4v) is 2.07. The summed E-state index contributed by atoms with van der Waals surface area (Å²) < 4.78 is 38.2. The molecule has 1 N–H and O–H groups in total. The molecule has 0 radical (unpaired) electrons. The topological polar surface area (TPSA) is 41.0 Å². The van der Waals surface area contributed by atoms with E-state index in [2.05, 4.69) is 15.5 Å². The molecule has 112 valence electrons. The van der Waals surface area contributed by atoms with Gasteiger partial charge in [0.1, 0.15) is 6.04 Å². The molecule has 1 saturated heterocycles. The van der Waals surface area contributed by atoms with Gasteiger partial charge in [0.05, 0.1) is 5.69 Å². The molecule has 1 aliphatic heterocycles. The monoisotopic (exact) mass is 288 g/mol. The molecule has 0 aliphatic carbocycles. The molecule has 0 spiro atoms. The minimum atomic E-state index is -4.24. The van der Waals surface area contributed by atoms with Crippen LogP contribution in [0.5, 0.6) is 0 Å². The van der Waals surface area contributed by atoms with Crippen molar-refractivity contribution < 1.29 is 13.2 Å². The van der Waals surface area contributed by atoms with Gasteiger partial charge in [0.2, 0.25) is 0 Å². The van der Waals surface area contributed by atoms with E-state index < -0.39 is 12.2 Å². The van der Waals surface area contributed by atoms with Crippen molar-refractivity contribution in [2.75, 3.05) is 24.5 Å². The Morgan fingerprint density at radius 1 is 1.20 bits per heavy atom. The van der Waals surface area contributed by atoms with Crippen LogP contribution in [0, 0.1) is 0 Å². The van der Waals surface area contributed by atoms with Crippen molar-refractivity contribution in [2.45, 2.75) is 38.4 Å². The van der Waals surface area contributed by atoms with Gasteiger partial charge in [-0.3, -0.25) is 0 Å². The second-order valence-corrected chi connectivity index (χ2v) is 6.02. The van der Waals surface area contributed by atoms with Crippen LogP contribution in [-0.4, -0.2) is 42.0 Å². The minimum absolute atomic E-state index is 0.122. The Kier molecular flexibility index (Phi) is 3.90. The van der Waals surface area contributed by atoms with Crippen LogP contribution >= 0.6 is 0 Å². The van der Waals surface area contributed by atoms with Crippen molar-refractivity contribution in [3.8, 4) is 0 Å². The highest BCUT2D eigenvalue weighted by atomic mass is 19.4. The SMILES string of the molecule is CC(C)(C)c1ccc(N2CCN[C@H](C(F)(F)F)C2)nn1. The summed E-state index contributed by atoms with van der Waals surface area (Å²) in [6, 6.07) is 2.06. The zero-order chi connectivity index (χ0) is 15.0. The third-order valence-electron chi connectivity index (χ3n) is 3.31. The van der Waals surface area contributed by atoms with Gasteiger partial charge in [-0.05, 0) is 12.1 Å². The molecule has 0 unspecified atom stereocenters. The van der Waals surface area contributed by atoms with E-state index in [4.69, 9.17) is 0 Å². The molecule has 0 amide bonds. The van der Waals surface area contributed by atoms with Gasteiger partial charge >= 0.3 is 6.18 Å². The highest BCUT2D eigenvalue weighted by Crippen LogP contribution is 2.25. The number of nitrogens with one attached hydrogen (secondary N) is 1. The maximum Gasteiger partial charge on any atom is 0.405 e. The van der Waals surface area contributed by atoms with Crippen LogP contribution in [0.3, 0.4) is 0 Å². The van der Waals surface area contributed by atoms with Crippen LogP contribution in [0.1, 0.15) is 26.5 Å². The van der Waals surface area contributed by atoms with Gasteiger partial charge in [-0.15, -0.1) is 5.10 Å². The van der Waals surface area contributed by atoms with E-state index in [9.17, 15) is 13.2 Å². The quantitative estimate of drug-likeness (QED) is 0.859. The lowest BCUT2D eigenvalue weighted by molar-refractivity contribution is -0.155. The number of halogens is 3. The number of piperazine rings is 1. The molecular weight excluding hydrogens is 269 g/mol. The number of alkyl halides is 3. The molecule has 0 bridgehead atoms. The summed E-state index contributed by atoms with van der Waals surface area (Å²) in [5, 5.41) is 10.7. The Bertz CT molecular complexity index is 450. The molecule has 4 nitrogen and oxygen atoms in total. The highest BCUT2D eigenvalue weighted by molar-refractivity contribution is 5.39. The van der Waals surface area contributed by atoms with Gasteiger partial charge in [0.15, 0.2) is 5.82 Å². The van der Waals surface area contributed by atoms with E-state index in [1.54, 1.807) is 11.0 Å². The molecule has 1 fully saturated rings. The number of hydrogen-bond donors (Lipinski definition) is 1. The predicted octanol–water partition coefficient (Wildman–Crippen LogP) is 2.11. The van der Waals surface area contributed by atoms with Gasteiger partial charge in [-0.25, -0.2) is 0 Å². The third kappa shape index (κ3) is 3.39. The Labute approximate surface area is 116 Å². The molecule has 1 atom stereocenters. The average molecular weight is 288 g/mol. The minimum Gasteiger partial charge on any atom is -0.352 e. The van der Waals surface area contributed by atoms with Gasteiger partial charge in [0, 0.05) is 25.0 Å². The molecule has 0 saturated carbocycles. The third-order valence-corrected chi connectivity index (χ3v) is 3.31. The summed E-state index contributed by atoms with van der Waals surface area (Å²) in [6.45, 7) is 6.69. The Balaban J connectivity index is 2.12. The predicted molar refractivity (Wildman–Crippen MR) is 70.8 cm³/mol. The van der Waals surface area contributed by atoms with E-state index in [1.165, 1.54) is 0 Å². The molecule has 2 heterocycles. The van der Waals surface area contributed by atoms with Gasteiger partial charge in [-0.2, -0.15) is 18.3 Å². The van der Waals surface area contributed by atoms with Crippen molar-refractivity contribution in [1.29, 1.82) is 0 Å². The van der Waals surface area contributed by atoms with E-state index in [-0.39, 0.29) is 18.5 Å². The van der Waals surface area contributed by atoms with Crippen molar-refractivity contribution in [3.63, 3.8) is 0 Å². The molecule has 20 heavy (non-hydrogen) atoms. The van der Waals surface area contributed by atoms with Crippen molar-refractivity contribution in [2.24, 2.45) is 0 Å². The van der Waals surface area contributed by atoms with Crippen LogP contribution in [0.15, 0.2) is 12.1 Å². The number of hydrogen-bond acceptors (Lipinski definition) is 4. The molecule has 1 aromatic rings. The molecule has 2 rings (SSSR count). The summed E-state index contributed by atoms with van der Waals surface area (Å²) in [5.41, 5.74) is 0.701. The van der Waals surface area contributed by atoms with Crippen LogP contribution in [-0.2, 0) is 5.41 Å². The summed E-state index contributed by atoms with van der Waals surface area (Å²) in [4.78, 5) is 1.62. The van der Waals surface area contributed by atoms with Crippen molar-refractivity contribution >= 4 is 5.82 Å². The smallest absolute Gasteiger partial charge is 0.352 e. The largest absolute Gasteiger partial charge is 0.405 e. The first-order chi connectivity index (χ1) is 9.18. The lowest BCUT2D eigenvalue weighted by Gasteiger charge is -2.35. The van der Waals surface area contributed by atoms with Gasteiger partial charge < -0.3 is 10.2 Å². The zero-order valence-corrected chi connectivity index (χ0v) is 11.8. The van der Waals surface area contributed by atoms with Crippen LogP contribution in [0.4, 0.5) is 19.0 Å². The summed E-state index contributed by atoms with van der Waals surface area (Å²) in [6.07, 6.45) is -4.24. The first-order valence-corrected chi connectivity index (χ1v) is 6.57. The van der Waals surface area contributed by atoms with Crippen LogP contribution < -0.4 is 10.2 Å². The van der Waals surface area contributed by atoms with Gasteiger partial charge in [-0.1, -0.05) is 20.8 Å². The molecule has 1 aromatic heterocycles. The number of rotatable bonds is 1. The zero-order valence-electron chi connectivity index (χ0n) is 11.8. The Morgan fingerprint density at radius 2 is 1.90 bits per heavy atom. The molecule has 7 heteroatoms. The highest BCUT2D eigenvalue weighted by Gasteiger charge is 2.42. The fraction of sp³-hybridized carbons (Fsp3) is 0.692. The lowest BCUT2D eigenvalue weighted by Crippen LogP contribution is -2.57. The first kappa shape index (κ1) is 15.0. The summed E-state index contributed by atoms with van der Waals surface area (Å²) in [5.74, 6) is 0.494. The first-order valence-electron chi connectivity index (χ1n) is 6.57. The van der Waals surface area contributed by atoms with E-state index in [0.29, 0.717) is 12.4 Å². The Morgan fingerprint density at radius 3 is 2.40 bits per heavy atom. The number of anilines is 1. The van der Waals surface area contributed by atoms with E-state index in [1.807, 2.05) is 26.8 Å². The summed E-state index contributed by atoms with van der Waals surface area (Å²) in [7, 11) is 0. The van der Waals surface area contributed by atoms with E-state index >= 15 is 0 Å². The lowest BCUT2D eigenvalue weighted by atomic mass is 9.92. The molecule has 1 aliphatic rings. The van der Waals surface area contributed by atoms with Crippen molar-refractivity contribution in [1.82, 2.24) is 15.5 Å². The van der Waals surface area contributed by atoms with Crippen LogP contribution in [0.2, 0.25) is 0 Å². The van der Waals surface area contributed by atoms with Crippen LogP contribution in [0.25, 0.3) is 0 Å². The second kappa shape index (κ2) is 5.20. The number of aromatic nitrogens is 2. The van der Waals surface area contributed by atoms with Crippen molar-refractivity contribution in [3.05, 3.63) is 17.8 Å². The maximum atomic E-state index is 12.7. The fourth-order valence-electron chi connectivity index (χ4n) is 2.07. The Hall–Kier alpha value is -1.37. The molecule has 0 aromatic carbocycles. The van der Waals surface area contributed by atoms with E-state index in [0.717, 1.165) is 5.69 Å². The van der Waals surface area contributed by atoms with Gasteiger partial charge in [0.25, 0.3) is 0 Å². The average Bonchev–Trinajstić information content (AvgIpc) is 2.37. The number of nitrogens with zero attached hydrogens (tertiary/aromatic N) is 3. The maximum absolute atomic E-state index is 12.7. The second-order valence-electron chi connectivity index (χ2n) is 6.02. The summed E-state index contributed by atoms with van der Waals surface area (Å²) >= 11 is 0.